The van der Waals surface area contributed by atoms with Crippen LogP contribution in [0.3, 0.4) is 0 Å². The van der Waals surface area contributed by atoms with Gasteiger partial charge >= 0.3 is 5.97 Å². The highest BCUT2D eigenvalue weighted by molar-refractivity contribution is 5.66. The van der Waals surface area contributed by atoms with Crippen molar-refractivity contribution >= 4 is 5.97 Å². The average Bonchev–Trinajstić information content (AvgIpc) is 2.45. The second kappa shape index (κ2) is 10.0. The van der Waals surface area contributed by atoms with Crippen molar-refractivity contribution in [2.45, 2.75) is 58.5 Å². The van der Waals surface area contributed by atoms with Crippen LogP contribution in [0.2, 0.25) is 0 Å². The predicted molar refractivity (Wildman–Crippen MR) is 85.3 cm³/mol. The lowest BCUT2D eigenvalue weighted by molar-refractivity contribution is -0.144. The number of ether oxygens (including phenoxy) is 1. The third-order valence-corrected chi connectivity index (χ3v) is 3.30. The molecule has 21 heavy (non-hydrogen) atoms. The number of aryl methyl sites for hydroxylation is 1. The maximum atomic E-state index is 11.2. The van der Waals surface area contributed by atoms with Gasteiger partial charge in [-0.15, -0.1) is 0 Å². The first kappa shape index (κ1) is 17.3. The van der Waals surface area contributed by atoms with Gasteiger partial charge in [0.1, 0.15) is 11.9 Å². The van der Waals surface area contributed by atoms with Crippen LogP contribution in [0.1, 0.15) is 51.5 Å². The molecule has 0 saturated heterocycles. The monoisotopic (exact) mass is 290 g/mol. The summed E-state index contributed by atoms with van der Waals surface area (Å²) >= 11 is 0. The molecule has 0 radical (unpaired) electrons. The Morgan fingerprint density at radius 3 is 2.62 bits per heavy atom. The zero-order chi connectivity index (χ0) is 15.5. The molecular weight excluding hydrogens is 264 g/mol. The second-order valence-corrected chi connectivity index (χ2v) is 5.28. The SMILES string of the molecule is CCCCC/C=C/[C@H](CCc1ccc(O)cc1)OC(C)=O. The molecule has 1 rings (SSSR count). The molecule has 1 aromatic carbocycles. The molecule has 0 aliphatic heterocycles. The van der Waals surface area contributed by atoms with E-state index in [9.17, 15) is 9.90 Å². The van der Waals surface area contributed by atoms with Crippen molar-refractivity contribution in [3.05, 3.63) is 42.0 Å². The molecule has 0 unspecified atom stereocenters. The molecule has 0 amide bonds. The van der Waals surface area contributed by atoms with Gasteiger partial charge in [0.05, 0.1) is 0 Å². The van der Waals surface area contributed by atoms with Gasteiger partial charge in [0.15, 0.2) is 0 Å². The van der Waals surface area contributed by atoms with E-state index in [-0.39, 0.29) is 17.8 Å². The van der Waals surface area contributed by atoms with E-state index in [1.165, 1.54) is 26.2 Å². The van der Waals surface area contributed by atoms with E-state index < -0.39 is 0 Å². The Kier molecular flexibility index (Phi) is 8.25. The number of phenolic OH excluding ortho intramolecular Hbond substituents is 1. The third-order valence-electron chi connectivity index (χ3n) is 3.30. The van der Waals surface area contributed by atoms with E-state index in [1.54, 1.807) is 12.1 Å². The van der Waals surface area contributed by atoms with E-state index in [1.807, 2.05) is 18.2 Å². The summed E-state index contributed by atoms with van der Waals surface area (Å²) in [6, 6.07) is 7.14. The second-order valence-electron chi connectivity index (χ2n) is 5.28. The van der Waals surface area contributed by atoms with Gasteiger partial charge < -0.3 is 9.84 Å². The van der Waals surface area contributed by atoms with Gasteiger partial charge in [-0.1, -0.05) is 38.0 Å². The maximum absolute atomic E-state index is 11.2. The van der Waals surface area contributed by atoms with E-state index in [0.29, 0.717) is 0 Å². The predicted octanol–water partition coefficient (Wildman–Crippen LogP) is 4.39. The molecule has 0 spiro atoms. The number of carbonyl (C=O) groups excluding carboxylic acids is 1. The molecule has 3 nitrogen and oxygen atoms in total. The Morgan fingerprint density at radius 2 is 2.00 bits per heavy atom. The molecule has 0 aromatic heterocycles. The Hall–Kier alpha value is -1.77. The fourth-order valence-electron chi connectivity index (χ4n) is 2.14. The molecule has 0 aliphatic rings. The van der Waals surface area contributed by atoms with E-state index in [2.05, 4.69) is 13.0 Å². The van der Waals surface area contributed by atoms with Gasteiger partial charge in [0.25, 0.3) is 0 Å². The van der Waals surface area contributed by atoms with E-state index >= 15 is 0 Å². The Morgan fingerprint density at radius 1 is 1.29 bits per heavy atom. The number of hydrogen-bond donors (Lipinski definition) is 1. The number of hydrogen-bond acceptors (Lipinski definition) is 3. The minimum absolute atomic E-state index is 0.169. The van der Waals surface area contributed by atoms with E-state index in [0.717, 1.165) is 24.8 Å². The Balaban J connectivity index is 2.45. The molecule has 0 heterocycles. The summed E-state index contributed by atoms with van der Waals surface area (Å²) in [5.74, 6) is 0.0232. The van der Waals surface area contributed by atoms with E-state index in [4.69, 9.17) is 4.74 Å². The van der Waals surface area contributed by atoms with Crippen molar-refractivity contribution < 1.29 is 14.6 Å². The van der Waals surface area contributed by atoms with Crippen molar-refractivity contribution in [3.63, 3.8) is 0 Å². The molecule has 0 bridgehead atoms. The first-order valence-electron chi connectivity index (χ1n) is 7.73. The van der Waals surface area contributed by atoms with Gasteiger partial charge in [-0.3, -0.25) is 4.79 Å². The molecular formula is C18H26O3. The normalized spacial score (nSPS) is 12.5. The van der Waals surface area contributed by atoms with Crippen LogP contribution in [0.4, 0.5) is 0 Å². The van der Waals surface area contributed by atoms with Gasteiger partial charge in [0, 0.05) is 6.92 Å². The molecule has 0 aliphatic carbocycles. The lowest BCUT2D eigenvalue weighted by Crippen LogP contribution is -2.14. The molecule has 0 fully saturated rings. The summed E-state index contributed by atoms with van der Waals surface area (Å²) < 4.78 is 5.33. The molecule has 0 saturated carbocycles. The highest BCUT2D eigenvalue weighted by Gasteiger charge is 2.08. The summed E-state index contributed by atoms with van der Waals surface area (Å²) in [6.45, 7) is 3.63. The minimum atomic E-state index is -0.246. The van der Waals surface area contributed by atoms with Gasteiger partial charge in [-0.2, -0.15) is 0 Å². The standard InChI is InChI=1S/C18H26O3/c1-3-4-5-6-7-8-18(21-15(2)19)14-11-16-9-12-17(20)13-10-16/h7-10,12-13,18,20H,3-6,11,14H2,1-2H3/b8-7+/t18-/m1/s1. The van der Waals surface area contributed by atoms with Crippen molar-refractivity contribution in [2.75, 3.05) is 0 Å². The fourth-order valence-corrected chi connectivity index (χ4v) is 2.14. The van der Waals surface area contributed by atoms with Crippen LogP contribution in [0.5, 0.6) is 5.75 Å². The third kappa shape index (κ3) is 8.18. The summed E-state index contributed by atoms with van der Waals surface area (Å²) in [5.41, 5.74) is 1.13. The number of carbonyl (C=O) groups is 1. The fraction of sp³-hybridized carbons (Fsp3) is 0.500. The van der Waals surface area contributed by atoms with Gasteiger partial charge in [-0.25, -0.2) is 0 Å². The zero-order valence-electron chi connectivity index (χ0n) is 13.0. The summed E-state index contributed by atoms with van der Waals surface area (Å²) in [7, 11) is 0. The number of allylic oxidation sites excluding steroid dienone is 1. The number of phenols is 1. The maximum Gasteiger partial charge on any atom is 0.303 e. The highest BCUT2D eigenvalue weighted by atomic mass is 16.5. The first-order valence-corrected chi connectivity index (χ1v) is 7.73. The summed E-state index contributed by atoms with van der Waals surface area (Å²) in [5, 5.41) is 9.26. The number of benzene rings is 1. The van der Waals surface area contributed by atoms with Crippen molar-refractivity contribution in [1.29, 1.82) is 0 Å². The number of rotatable bonds is 9. The Labute approximate surface area is 127 Å². The lowest BCUT2D eigenvalue weighted by atomic mass is 10.1. The molecule has 116 valence electrons. The quantitative estimate of drug-likeness (QED) is 0.417. The number of unbranched alkanes of at least 4 members (excludes halogenated alkanes) is 3. The first-order chi connectivity index (χ1) is 10.1. The number of esters is 1. The number of aromatic hydroxyl groups is 1. The van der Waals surface area contributed by atoms with Gasteiger partial charge in [0.2, 0.25) is 0 Å². The van der Waals surface area contributed by atoms with Crippen LogP contribution in [0.15, 0.2) is 36.4 Å². The lowest BCUT2D eigenvalue weighted by Gasteiger charge is -2.13. The smallest absolute Gasteiger partial charge is 0.303 e. The molecule has 1 aromatic rings. The van der Waals surface area contributed by atoms with Crippen molar-refractivity contribution in [3.8, 4) is 5.75 Å². The zero-order valence-corrected chi connectivity index (χ0v) is 13.0. The van der Waals surface area contributed by atoms with Crippen LogP contribution in [-0.4, -0.2) is 17.2 Å². The summed E-state index contributed by atoms with van der Waals surface area (Å²) in [6.07, 6.45) is 10.2. The van der Waals surface area contributed by atoms with Crippen LogP contribution in [0, 0.1) is 0 Å². The minimum Gasteiger partial charge on any atom is -0.508 e. The topological polar surface area (TPSA) is 46.5 Å². The van der Waals surface area contributed by atoms with Crippen LogP contribution >= 0.6 is 0 Å². The van der Waals surface area contributed by atoms with Crippen LogP contribution in [0.25, 0.3) is 0 Å². The Bertz CT molecular complexity index is 434. The van der Waals surface area contributed by atoms with Crippen molar-refractivity contribution in [1.82, 2.24) is 0 Å². The highest BCUT2D eigenvalue weighted by Crippen LogP contribution is 2.14. The van der Waals surface area contributed by atoms with Gasteiger partial charge in [-0.05, 0) is 49.5 Å². The average molecular weight is 290 g/mol. The molecule has 1 atom stereocenters. The molecule has 3 heteroatoms. The van der Waals surface area contributed by atoms with Crippen LogP contribution < -0.4 is 0 Å². The van der Waals surface area contributed by atoms with Crippen LogP contribution in [-0.2, 0) is 16.0 Å². The van der Waals surface area contributed by atoms with Crippen molar-refractivity contribution in [2.24, 2.45) is 0 Å². The molecule has 1 N–H and O–H groups in total. The summed E-state index contributed by atoms with van der Waals surface area (Å²) in [4.78, 5) is 11.2. The largest absolute Gasteiger partial charge is 0.508 e.